The molecule has 178 valence electrons. The largest absolute Gasteiger partial charge is 0.513 e. The predicted molar refractivity (Wildman–Crippen MR) is 121 cm³/mol. The molecule has 0 saturated heterocycles. The van der Waals surface area contributed by atoms with Crippen LogP contribution in [0.5, 0.6) is 11.5 Å². The average molecular weight is 467 g/mol. The monoisotopic (exact) mass is 467 g/mol. The molecule has 0 bridgehead atoms. The van der Waals surface area contributed by atoms with Crippen molar-refractivity contribution < 1.29 is 38.1 Å². The fourth-order valence-electron chi connectivity index (χ4n) is 2.79. The number of carbonyl (C=O) groups excluding carboxylic acids is 3. The van der Waals surface area contributed by atoms with Gasteiger partial charge in [-0.15, -0.1) is 0 Å². The molecule has 0 aliphatic heterocycles. The Morgan fingerprint density at radius 3 is 2.15 bits per heavy atom. The van der Waals surface area contributed by atoms with E-state index in [0.717, 1.165) is 5.56 Å². The van der Waals surface area contributed by atoms with Gasteiger partial charge < -0.3 is 23.7 Å². The zero-order valence-electron chi connectivity index (χ0n) is 19.1. The van der Waals surface area contributed by atoms with Gasteiger partial charge in [0.25, 0.3) is 0 Å². The predicted octanol–water partition coefficient (Wildman–Crippen LogP) is 4.84. The van der Waals surface area contributed by atoms with Crippen molar-refractivity contribution >= 4 is 24.4 Å². The zero-order chi connectivity index (χ0) is 24.9. The minimum atomic E-state index is -1.02. The molecule has 0 N–H and O–H groups in total. The van der Waals surface area contributed by atoms with Crippen LogP contribution in [-0.4, -0.2) is 37.6 Å². The van der Waals surface area contributed by atoms with Crippen LogP contribution in [0.2, 0.25) is 0 Å². The lowest BCUT2D eigenvalue weighted by Gasteiger charge is -2.13. The summed E-state index contributed by atoms with van der Waals surface area (Å²) >= 11 is 0. The number of nitrogens with zero attached hydrogens (tertiary/aromatic N) is 1. The average Bonchev–Trinajstić information content (AvgIpc) is 2.79. The summed E-state index contributed by atoms with van der Waals surface area (Å²) in [7, 11) is 0. The molecule has 0 radical (unpaired) electrons. The van der Waals surface area contributed by atoms with Gasteiger partial charge in [0.1, 0.15) is 17.7 Å². The highest BCUT2D eigenvalue weighted by atomic mass is 16.7. The van der Waals surface area contributed by atoms with Crippen molar-refractivity contribution in [3.05, 3.63) is 65.2 Å². The van der Waals surface area contributed by atoms with Crippen molar-refractivity contribution in [2.24, 2.45) is 0 Å². The van der Waals surface area contributed by atoms with Crippen molar-refractivity contribution in [3.63, 3.8) is 0 Å². The Labute approximate surface area is 197 Å². The molecule has 2 aromatic rings. The highest BCUT2D eigenvalue weighted by molar-refractivity contribution is 5.98. The van der Waals surface area contributed by atoms with Crippen molar-refractivity contribution in [1.29, 1.82) is 5.26 Å². The number of carbonyl (C=O) groups is 3. The molecular weight excluding hydrogens is 442 g/mol. The molecule has 2 aromatic carbocycles. The number of esters is 1. The van der Waals surface area contributed by atoms with Gasteiger partial charge in [-0.2, -0.15) is 5.26 Å². The molecule has 9 heteroatoms. The first-order valence-electron chi connectivity index (χ1n) is 10.6. The van der Waals surface area contributed by atoms with Gasteiger partial charge in [0.05, 0.1) is 13.2 Å². The van der Waals surface area contributed by atoms with Gasteiger partial charge in [0.15, 0.2) is 11.5 Å². The van der Waals surface area contributed by atoms with Crippen LogP contribution >= 0.6 is 0 Å². The molecule has 34 heavy (non-hydrogen) atoms. The maximum absolute atomic E-state index is 12.5. The van der Waals surface area contributed by atoms with Gasteiger partial charge in [-0.1, -0.05) is 36.4 Å². The number of rotatable bonds is 9. The lowest BCUT2D eigenvalue weighted by atomic mass is 10.1. The molecule has 1 unspecified atom stereocenters. The zero-order valence-corrected chi connectivity index (χ0v) is 19.1. The SMILES string of the molecule is CCOC(=O)Oc1ccc(C=C(C#N)C(=O)OC(C)Cc2ccccc2)cc1OC(=O)OCC. The summed E-state index contributed by atoms with van der Waals surface area (Å²) in [6.07, 6.45) is -0.721. The van der Waals surface area contributed by atoms with Crippen LogP contribution in [0.25, 0.3) is 6.08 Å². The highest BCUT2D eigenvalue weighted by Crippen LogP contribution is 2.30. The maximum Gasteiger partial charge on any atom is 0.513 e. The second-order valence-electron chi connectivity index (χ2n) is 6.85. The first-order valence-corrected chi connectivity index (χ1v) is 10.6. The third kappa shape index (κ3) is 8.31. The third-order valence-electron chi connectivity index (χ3n) is 4.20. The van der Waals surface area contributed by atoms with E-state index in [-0.39, 0.29) is 30.3 Å². The van der Waals surface area contributed by atoms with Crippen molar-refractivity contribution in [2.45, 2.75) is 33.3 Å². The molecule has 0 amide bonds. The van der Waals surface area contributed by atoms with Gasteiger partial charge in [0, 0.05) is 6.42 Å². The molecule has 0 aliphatic carbocycles. The molecule has 9 nitrogen and oxygen atoms in total. The first kappa shape index (κ1) is 25.9. The van der Waals surface area contributed by atoms with E-state index in [9.17, 15) is 19.6 Å². The summed E-state index contributed by atoms with van der Waals surface area (Å²) in [6, 6.07) is 15.4. The fraction of sp³-hybridized carbons (Fsp3) is 0.280. The summed E-state index contributed by atoms with van der Waals surface area (Å²) in [4.78, 5) is 36.0. The van der Waals surface area contributed by atoms with E-state index in [1.54, 1.807) is 20.8 Å². The van der Waals surface area contributed by atoms with E-state index >= 15 is 0 Å². The van der Waals surface area contributed by atoms with Crippen LogP contribution in [0.4, 0.5) is 9.59 Å². The lowest BCUT2D eigenvalue weighted by molar-refractivity contribution is -0.142. The lowest BCUT2D eigenvalue weighted by Crippen LogP contribution is -2.18. The fourth-order valence-corrected chi connectivity index (χ4v) is 2.79. The number of hydrogen-bond acceptors (Lipinski definition) is 9. The molecule has 0 heterocycles. The van der Waals surface area contributed by atoms with Crippen LogP contribution < -0.4 is 9.47 Å². The standard InChI is InChI=1S/C25H25NO8/c1-4-30-24(28)33-21-12-11-19(15-22(21)34-25(29)31-5-2)14-20(16-26)23(27)32-17(3)13-18-9-7-6-8-10-18/h6-12,14-15,17H,4-5,13H2,1-3H3. The van der Waals surface area contributed by atoms with Crippen LogP contribution in [0, 0.1) is 11.3 Å². The third-order valence-corrected chi connectivity index (χ3v) is 4.20. The van der Waals surface area contributed by atoms with Gasteiger partial charge in [-0.25, -0.2) is 14.4 Å². The van der Waals surface area contributed by atoms with Gasteiger partial charge >= 0.3 is 18.3 Å². The van der Waals surface area contributed by atoms with E-state index in [1.165, 1.54) is 24.3 Å². The number of benzene rings is 2. The van der Waals surface area contributed by atoms with Crippen LogP contribution in [0.15, 0.2) is 54.1 Å². The Bertz CT molecular complexity index is 1070. The number of nitriles is 1. The Morgan fingerprint density at radius 2 is 1.56 bits per heavy atom. The van der Waals surface area contributed by atoms with E-state index in [4.69, 9.17) is 23.7 Å². The second-order valence-corrected chi connectivity index (χ2v) is 6.85. The Morgan fingerprint density at radius 1 is 0.941 bits per heavy atom. The van der Waals surface area contributed by atoms with Crippen LogP contribution in [0.3, 0.4) is 0 Å². The van der Waals surface area contributed by atoms with E-state index in [0.29, 0.717) is 12.0 Å². The molecule has 0 fully saturated rings. The quantitative estimate of drug-likeness (QED) is 0.168. The number of hydrogen-bond donors (Lipinski definition) is 0. The highest BCUT2D eigenvalue weighted by Gasteiger charge is 2.18. The van der Waals surface area contributed by atoms with Gasteiger partial charge in [-0.05, 0) is 50.1 Å². The molecule has 0 spiro atoms. The Hall–Kier alpha value is -4.32. The first-order chi connectivity index (χ1) is 16.4. The minimum absolute atomic E-state index is 0.0675. The molecule has 2 rings (SSSR count). The van der Waals surface area contributed by atoms with Gasteiger partial charge in [0.2, 0.25) is 0 Å². The Kier molecular flexibility index (Phi) is 10.1. The van der Waals surface area contributed by atoms with E-state index in [1.807, 2.05) is 36.4 Å². The smallest absolute Gasteiger partial charge is 0.458 e. The van der Waals surface area contributed by atoms with Crippen molar-refractivity contribution in [3.8, 4) is 17.6 Å². The molecule has 0 aliphatic rings. The van der Waals surface area contributed by atoms with Crippen molar-refractivity contribution in [1.82, 2.24) is 0 Å². The normalized spacial score (nSPS) is 11.5. The number of ether oxygens (including phenoxy) is 5. The summed E-state index contributed by atoms with van der Waals surface area (Å²) in [6.45, 7) is 5.09. The minimum Gasteiger partial charge on any atom is -0.458 e. The Balaban J connectivity index is 2.22. The maximum atomic E-state index is 12.5. The summed E-state index contributed by atoms with van der Waals surface area (Å²) in [5, 5.41) is 9.47. The second kappa shape index (κ2) is 13.3. The molecule has 0 saturated carbocycles. The summed E-state index contributed by atoms with van der Waals surface area (Å²) < 4.78 is 25.0. The van der Waals surface area contributed by atoms with Crippen LogP contribution in [-0.2, 0) is 25.4 Å². The molecule has 0 aromatic heterocycles. The summed E-state index contributed by atoms with van der Waals surface area (Å²) in [5.41, 5.74) is 1.05. The molecule has 1 atom stereocenters. The topological polar surface area (TPSA) is 121 Å². The van der Waals surface area contributed by atoms with Crippen LogP contribution in [0.1, 0.15) is 31.9 Å². The van der Waals surface area contributed by atoms with E-state index in [2.05, 4.69) is 0 Å². The molecular formula is C25H25NO8. The van der Waals surface area contributed by atoms with E-state index < -0.39 is 24.4 Å². The van der Waals surface area contributed by atoms with Crippen molar-refractivity contribution in [2.75, 3.05) is 13.2 Å². The van der Waals surface area contributed by atoms with Gasteiger partial charge in [-0.3, -0.25) is 0 Å². The summed E-state index contributed by atoms with van der Waals surface area (Å²) in [5.74, 6) is -1.07.